The molecule has 1 aliphatic carbocycles. The number of amides is 1. The topological polar surface area (TPSA) is 75.4 Å². The van der Waals surface area contributed by atoms with E-state index >= 15 is 0 Å². The lowest BCUT2D eigenvalue weighted by molar-refractivity contribution is 0.0963. The number of carbonyl (C=O) groups is 2. The molecule has 0 aromatic carbocycles. The highest BCUT2D eigenvalue weighted by Crippen LogP contribution is 2.43. The van der Waals surface area contributed by atoms with E-state index in [4.69, 9.17) is 5.73 Å². The summed E-state index contributed by atoms with van der Waals surface area (Å²) in [4.78, 5) is 27.0. The van der Waals surface area contributed by atoms with E-state index in [1.165, 1.54) is 11.3 Å². The van der Waals surface area contributed by atoms with Crippen molar-refractivity contribution >= 4 is 33.7 Å². The first-order valence-corrected chi connectivity index (χ1v) is 8.08. The first kappa shape index (κ1) is 15.8. The minimum Gasteiger partial charge on any atom is -0.397 e. The number of rotatable bonds is 6. The van der Waals surface area contributed by atoms with Crippen molar-refractivity contribution in [3.8, 4) is 0 Å². The number of nitrogens with one attached hydrogen (secondary N) is 1. The van der Waals surface area contributed by atoms with Crippen LogP contribution in [0.4, 0.5) is 10.7 Å². The molecule has 2 rings (SSSR count). The van der Waals surface area contributed by atoms with Crippen molar-refractivity contribution in [2.24, 2.45) is 11.8 Å². The number of nitrogen functional groups attached to an aromatic ring is 1. The second-order valence-electron chi connectivity index (χ2n) is 6.02. The van der Waals surface area contributed by atoms with Crippen molar-refractivity contribution in [1.82, 2.24) is 5.32 Å². The van der Waals surface area contributed by atoms with Gasteiger partial charge < -0.3 is 16.0 Å². The summed E-state index contributed by atoms with van der Waals surface area (Å²) in [5, 5.41) is 3.40. The van der Waals surface area contributed by atoms with E-state index in [1.54, 1.807) is 7.05 Å². The molecule has 116 valence electrons. The molecule has 1 amide bonds. The maximum absolute atomic E-state index is 12.3. The molecule has 21 heavy (non-hydrogen) atoms. The van der Waals surface area contributed by atoms with E-state index in [-0.39, 0.29) is 17.6 Å². The van der Waals surface area contributed by atoms with Crippen LogP contribution in [0.1, 0.15) is 46.7 Å². The largest absolute Gasteiger partial charge is 0.397 e. The Morgan fingerprint density at radius 3 is 2.52 bits per heavy atom. The number of nitrogens with two attached hydrogens (primary N) is 1. The molecule has 1 saturated carbocycles. The molecule has 0 aliphatic heterocycles. The van der Waals surface area contributed by atoms with Crippen LogP contribution >= 0.6 is 11.3 Å². The quantitative estimate of drug-likeness (QED) is 0.791. The number of thiophene rings is 1. The van der Waals surface area contributed by atoms with Gasteiger partial charge in [0.05, 0.1) is 16.1 Å². The van der Waals surface area contributed by atoms with Crippen molar-refractivity contribution in [1.29, 1.82) is 0 Å². The van der Waals surface area contributed by atoms with Crippen LogP contribution in [0, 0.1) is 11.8 Å². The van der Waals surface area contributed by atoms with Crippen LogP contribution in [-0.4, -0.2) is 32.3 Å². The van der Waals surface area contributed by atoms with Crippen LogP contribution in [0.5, 0.6) is 0 Å². The molecule has 6 heteroatoms. The van der Waals surface area contributed by atoms with Gasteiger partial charge in [0.2, 0.25) is 0 Å². The van der Waals surface area contributed by atoms with E-state index in [0.717, 1.165) is 24.4 Å². The molecular formula is C15H23N3O2S. The van der Waals surface area contributed by atoms with Crippen molar-refractivity contribution in [3.05, 3.63) is 10.4 Å². The van der Waals surface area contributed by atoms with Crippen molar-refractivity contribution in [2.45, 2.75) is 26.7 Å². The van der Waals surface area contributed by atoms with Crippen LogP contribution in [0.15, 0.2) is 0 Å². The van der Waals surface area contributed by atoms with Gasteiger partial charge in [-0.2, -0.15) is 0 Å². The molecule has 1 heterocycles. The fourth-order valence-electron chi connectivity index (χ4n) is 2.39. The second kappa shape index (κ2) is 6.05. The second-order valence-corrected chi connectivity index (χ2v) is 7.02. The first-order chi connectivity index (χ1) is 9.86. The third-order valence-electron chi connectivity index (χ3n) is 3.54. The standard InChI is InChI=1S/C15H23N3O2S/c1-8(2)7-18(4)15-10(14(20)17-3)11(16)13(21-15)12(19)9-5-6-9/h8-9H,5-7,16H2,1-4H3,(H,17,20). The number of hydrogen-bond acceptors (Lipinski definition) is 5. The van der Waals surface area contributed by atoms with Crippen LogP contribution in [-0.2, 0) is 0 Å². The van der Waals surface area contributed by atoms with E-state index in [9.17, 15) is 9.59 Å². The number of carbonyl (C=O) groups excluding carboxylic acids is 2. The van der Waals surface area contributed by atoms with E-state index in [2.05, 4.69) is 19.2 Å². The zero-order valence-electron chi connectivity index (χ0n) is 13.0. The van der Waals surface area contributed by atoms with Gasteiger partial charge in [-0.25, -0.2) is 0 Å². The Hall–Kier alpha value is -1.56. The maximum Gasteiger partial charge on any atom is 0.256 e. The molecule has 1 aromatic heterocycles. The number of hydrogen-bond donors (Lipinski definition) is 2. The van der Waals surface area contributed by atoms with E-state index in [0.29, 0.717) is 22.0 Å². The van der Waals surface area contributed by atoms with Gasteiger partial charge in [-0.05, 0) is 18.8 Å². The third-order valence-corrected chi connectivity index (χ3v) is 4.87. The van der Waals surface area contributed by atoms with Gasteiger partial charge in [0.25, 0.3) is 5.91 Å². The summed E-state index contributed by atoms with van der Waals surface area (Å²) < 4.78 is 0. The van der Waals surface area contributed by atoms with E-state index in [1.807, 2.05) is 11.9 Å². The van der Waals surface area contributed by atoms with Crippen molar-refractivity contribution < 1.29 is 9.59 Å². The zero-order valence-corrected chi connectivity index (χ0v) is 13.8. The average Bonchev–Trinajstić information content (AvgIpc) is 3.20. The Bertz CT molecular complexity index is 562. The first-order valence-electron chi connectivity index (χ1n) is 7.26. The van der Waals surface area contributed by atoms with Crippen LogP contribution in [0.2, 0.25) is 0 Å². The molecule has 0 unspecified atom stereocenters. The lowest BCUT2D eigenvalue weighted by atomic mass is 10.1. The summed E-state index contributed by atoms with van der Waals surface area (Å²) in [5.74, 6) is 0.418. The van der Waals surface area contributed by atoms with Crippen LogP contribution < -0.4 is 16.0 Å². The Labute approximate surface area is 129 Å². The highest BCUT2D eigenvalue weighted by Gasteiger charge is 2.35. The average molecular weight is 309 g/mol. The summed E-state index contributed by atoms with van der Waals surface area (Å²) in [6.07, 6.45) is 1.87. The fraction of sp³-hybridized carbons (Fsp3) is 0.600. The lowest BCUT2D eigenvalue weighted by Gasteiger charge is -2.21. The molecule has 0 spiro atoms. The van der Waals surface area contributed by atoms with Gasteiger partial charge in [0, 0.05) is 26.6 Å². The Morgan fingerprint density at radius 1 is 1.43 bits per heavy atom. The molecule has 3 N–H and O–H groups in total. The predicted octanol–water partition coefficient (Wildman–Crippen LogP) is 2.37. The predicted molar refractivity (Wildman–Crippen MR) is 87.3 cm³/mol. The Balaban J connectivity index is 2.43. The van der Waals surface area contributed by atoms with Gasteiger partial charge in [-0.15, -0.1) is 11.3 Å². The maximum atomic E-state index is 12.3. The molecule has 1 aromatic rings. The molecule has 0 saturated heterocycles. The minimum absolute atomic E-state index is 0.0897. The van der Waals surface area contributed by atoms with Gasteiger partial charge >= 0.3 is 0 Å². The van der Waals surface area contributed by atoms with Crippen molar-refractivity contribution in [2.75, 3.05) is 31.3 Å². The van der Waals surface area contributed by atoms with Crippen LogP contribution in [0.3, 0.4) is 0 Å². The zero-order chi connectivity index (χ0) is 15.7. The Kier molecular flexibility index (Phi) is 4.56. The molecular weight excluding hydrogens is 286 g/mol. The SMILES string of the molecule is CNC(=O)c1c(N(C)CC(C)C)sc(C(=O)C2CC2)c1N. The summed E-state index contributed by atoms with van der Waals surface area (Å²) in [7, 11) is 3.51. The van der Waals surface area contributed by atoms with Gasteiger partial charge in [-0.1, -0.05) is 13.8 Å². The van der Waals surface area contributed by atoms with Crippen molar-refractivity contribution in [3.63, 3.8) is 0 Å². The molecule has 1 aliphatic rings. The lowest BCUT2D eigenvalue weighted by Crippen LogP contribution is -2.26. The molecule has 0 atom stereocenters. The molecule has 0 radical (unpaired) electrons. The fourth-order valence-corrected chi connectivity index (χ4v) is 3.60. The number of Topliss-reactive ketones (excluding diaryl/α,β-unsaturated/α-hetero) is 1. The molecule has 5 nitrogen and oxygen atoms in total. The van der Waals surface area contributed by atoms with Gasteiger partial charge in [0.15, 0.2) is 5.78 Å². The summed E-state index contributed by atoms with van der Waals surface area (Å²) in [6.45, 7) is 5.04. The van der Waals surface area contributed by atoms with E-state index < -0.39 is 0 Å². The number of nitrogens with zero attached hydrogens (tertiary/aromatic N) is 1. The van der Waals surface area contributed by atoms with Gasteiger partial charge in [-0.3, -0.25) is 9.59 Å². The van der Waals surface area contributed by atoms with Crippen LogP contribution in [0.25, 0.3) is 0 Å². The highest BCUT2D eigenvalue weighted by atomic mass is 32.1. The Morgan fingerprint density at radius 2 is 2.05 bits per heavy atom. The molecule has 1 fully saturated rings. The normalized spacial score (nSPS) is 14.3. The summed E-state index contributed by atoms with van der Waals surface area (Å²) in [6, 6.07) is 0. The monoisotopic (exact) mass is 309 g/mol. The molecule has 0 bridgehead atoms. The smallest absolute Gasteiger partial charge is 0.256 e. The summed E-state index contributed by atoms with van der Waals surface area (Å²) in [5.41, 5.74) is 6.89. The summed E-state index contributed by atoms with van der Waals surface area (Å²) >= 11 is 1.35. The highest BCUT2D eigenvalue weighted by molar-refractivity contribution is 7.19. The number of anilines is 2. The third kappa shape index (κ3) is 3.20. The minimum atomic E-state index is -0.232. The van der Waals surface area contributed by atoms with Gasteiger partial charge in [0.1, 0.15) is 5.00 Å². The number of ketones is 1.